The van der Waals surface area contributed by atoms with Crippen LogP contribution in [0.4, 0.5) is 0 Å². The van der Waals surface area contributed by atoms with Gasteiger partial charge in [0.2, 0.25) is 0 Å². The van der Waals surface area contributed by atoms with Gasteiger partial charge >= 0.3 is 0 Å². The summed E-state index contributed by atoms with van der Waals surface area (Å²) in [5, 5.41) is 3.81. The molecule has 0 heterocycles. The van der Waals surface area contributed by atoms with E-state index in [2.05, 4.69) is 33.0 Å². The van der Waals surface area contributed by atoms with Crippen molar-refractivity contribution in [2.45, 2.75) is 71.9 Å². The highest BCUT2D eigenvalue weighted by atomic mass is 14.9. The van der Waals surface area contributed by atoms with Crippen molar-refractivity contribution in [1.82, 2.24) is 5.32 Å². The summed E-state index contributed by atoms with van der Waals surface area (Å²) < 4.78 is 0. The van der Waals surface area contributed by atoms with Crippen LogP contribution in [-0.4, -0.2) is 12.1 Å². The normalized spacial score (nSPS) is 33.6. The monoisotopic (exact) mass is 197 g/mol. The topological polar surface area (TPSA) is 12.0 Å². The van der Waals surface area contributed by atoms with E-state index >= 15 is 0 Å². The Morgan fingerprint density at radius 2 is 1.71 bits per heavy atom. The molecule has 0 spiro atoms. The minimum Gasteiger partial charge on any atom is -0.311 e. The molecule has 0 aromatic rings. The largest absolute Gasteiger partial charge is 0.311 e. The van der Waals surface area contributed by atoms with Gasteiger partial charge in [0.25, 0.3) is 0 Å². The molecule has 3 atom stereocenters. The van der Waals surface area contributed by atoms with E-state index < -0.39 is 0 Å². The molecule has 0 saturated heterocycles. The van der Waals surface area contributed by atoms with Gasteiger partial charge in [-0.2, -0.15) is 0 Å². The lowest BCUT2D eigenvalue weighted by Gasteiger charge is -2.34. The van der Waals surface area contributed by atoms with Crippen molar-refractivity contribution in [1.29, 1.82) is 0 Å². The third kappa shape index (κ3) is 3.27. The van der Waals surface area contributed by atoms with Crippen LogP contribution in [0, 0.1) is 11.8 Å². The molecule has 0 aliphatic heterocycles. The van der Waals surface area contributed by atoms with E-state index in [0.717, 1.165) is 23.9 Å². The van der Waals surface area contributed by atoms with Crippen LogP contribution in [0.5, 0.6) is 0 Å². The van der Waals surface area contributed by atoms with Crippen LogP contribution in [-0.2, 0) is 0 Å². The molecule has 1 N–H and O–H groups in total. The van der Waals surface area contributed by atoms with E-state index in [4.69, 9.17) is 0 Å². The Bertz CT molecular complexity index is 151. The fourth-order valence-corrected chi connectivity index (χ4v) is 2.56. The zero-order valence-corrected chi connectivity index (χ0v) is 10.3. The lowest BCUT2D eigenvalue weighted by atomic mass is 9.79. The molecule has 1 fully saturated rings. The van der Waals surface area contributed by atoms with Gasteiger partial charge in [0, 0.05) is 12.1 Å². The molecule has 1 rings (SSSR count). The van der Waals surface area contributed by atoms with Gasteiger partial charge in [-0.15, -0.1) is 0 Å². The molecule has 1 nitrogen and oxygen atoms in total. The molecule has 0 amide bonds. The molecule has 0 radical (unpaired) electrons. The summed E-state index contributed by atoms with van der Waals surface area (Å²) in [6.07, 6.45) is 6.74. The van der Waals surface area contributed by atoms with Gasteiger partial charge in [0.05, 0.1) is 0 Å². The van der Waals surface area contributed by atoms with Crippen molar-refractivity contribution < 1.29 is 0 Å². The van der Waals surface area contributed by atoms with Crippen molar-refractivity contribution in [2.75, 3.05) is 0 Å². The first-order chi connectivity index (χ1) is 6.67. The van der Waals surface area contributed by atoms with E-state index in [1.165, 1.54) is 32.1 Å². The molecule has 14 heavy (non-hydrogen) atoms. The summed E-state index contributed by atoms with van der Waals surface area (Å²) in [7, 11) is 0. The first kappa shape index (κ1) is 12.0. The lowest BCUT2D eigenvalue weighted by molar-refractivity contribution is 0.212. The molecular formula is C13H27N. The first-order valence-corrected chi connectivity index (χ1v) is 6.43. The van der Waals surface area contributed by atoms with Gasteiger partial charge in [0.15, 0.2) is 0 Å². The zero-order valence-electron chi connectivity index (χ0n) is 10.3. The number of hydrogen-bond acceptors (Lipinski definition) is 1. The molecule has 84 valence electrons. The van der Waals surface area contributed by atoms with Crippen molar-refractivity contribution in [3.8, 4) is 0 Å². The highest BCUT2D eigenvalue weighted by molar-refractivity contribution is 4.81. The molecule has 1 aliphatic carbocycles. The second kappa shape index (κ2) is 5.75. The summed E-state index contributed by atoms with van der Waals surface area (Å²) in [6, 6.07) is 1.55. The maximum absolute atomic E-state index is 3.81. The van der Waals surface area contributed by atoms with Crippen LogP contribution in [0.15, 0.2) is 0 Å². The molecular weight excluding hydrogens is 170 g/mol. The smallest absolute Gasteiger partial charge is 0.00723 e. The Labute approximate surface area is 89.7 Å². The Balaban J connectivity index is 2.32. The Hall–Kier alpha value is -0.0400. The van der Waals surface area contributed by atoms with Crippen molar-refractivity contribution >= 4 is 0 Å². The second-order valence-electron chi connectivity index (χ2n) is 5.14. The SMILES string of the molecule is CCC(CC)NC1CCC(C)C(C)C1. The summed E-state index contributed by atoms with van der Waals surface area (Å²) >= 11 is 0. The predicted molar refractivity (Wildman–Crippen MR) is 63.5 cm³/mol. The molecule has 3 unspecified atom stereocenters. The number of hydrogen-bond donors (Lipinski definition) is 1. The Kier molecular flexibility index (Phi) is 4.94. The third-order valence-electron chi connectivity index (χ3n) is 4.06. The van der Waals surface area contributed by atoms with Crippen molar-refractivity contribution in [3.05, 3.63) is 0 Å². The fraction of sp³-hybridized carbons (Fsp3) is 1.00. The van der Waals surface area contributed by atoms with E-state index in [1.54, 1.807) is 0 Å². The molecule has 0 aromatic carbocycles. The third-order valence-corrected chi connectivity index (χ3v) is 4.06. The van der Waals surface area contributed by atoms with Gasteiger partial charge in [-0.05, 0) is 43.9 Å². The van der Waals surface area contributed by atoms with Crippen LogP contribution in [0.2, 0.25) is 0 Å². The number of nitrogens with one attached hydrogen (secondary N) is 1. The van der Waals surface area contributed by atoms with E-state index in [1.807, 2.05) is 0 Å². The quantitative estimate of drug-likeness (QED) is 0.726. The van der Waals surface area contributed by atoms with E-state index in [-0.39, 0.29) is 0 Å². The average Bonchev–Trinajstić information content (AvgIpc) is 2.19. The van der Waals surface area contributed by atoms with Crippen LogP contribution < -0.4 is 5.32 Å². The van der Waals surface area contributed by atoms with Crippen LogP contribution >= 0.6 is 0 Å². The molecule has 0 aromatic heterocycles. The molecule has 1 saturated carbocycles. The Morgan fingerprint density at radius 3 is 2.21 bits per heavy atom. The number of rotatable bonds is 4. The Morgan fingerprint density at radius 1 is 1.07 bits per heavy atom. The fourth-order valence-electron chi connectivity index (χ4n) is 2.56. The summed E-state index contributed by atoms with van der Waals surface area (Å²) in [4.78, 5) is 0. The minimum absolute atomic E-state index is 0.751. The van der Waals surface area contributed by atoms with E-state index in [0.29, 0.717) is 0 Å². The van der Waals surface area contributed by atoms with Crippen LogP contribution in [0.1, 0.15) is 59.8 Å². The maximum atomic E-state index is 3.81. The lowest BCUT2D eigenvalue weighted by Crippen LogP contribution is -2.41. The first-order valence-electron chi connectivity index (χ1n) is 6.43. The zero-order chi connectivity index (χ0) is 10.6. The molecule has 1 aliphatic rings. The second-order valence-corrected chi connectivity index (χ2v) is 5.14. The highest BCUT2D eigenvalue weighted by Gasteiger charge is 2.25. The van der Waals surface area contributed by atoms with Gasteiger partial charge in [0.1, 0.15) is 0 Å². The standard InChI is InChI=1S/C13H27N/c1-5-12(6-2)14-13-8-7-10(3)11(4)9-13/h10-14H,5-9H2,1-4H3. The van der Waals surface area contributed by atoms with Crippen LogP contribution in [0.3, 0.4) is 0 Å². The molecule has 1 heteroatoms. The van der Waals surface area contributed by atoms with Gasteiger partial charge in [-0.1, -0.05) is 27.7 Å². The van der Waals surface area contributed by atoms with Gasteiger partial charge in [-0.3, -0.25) is 0 Å². The van der Waals surface area contributed by atoms with Crippen LogP contribution in [0.25, 0.3) is 0 Å². The minimum atomic E-state index is 0.751. The van der Waals surface area contributed by atoms with E-state index in [9.17, 15) is 0 Å². The van der Waals surface area contributed by atoms with Gasteiger partial charge in [-0.25, -0.2) is 0 Å². The maximum Gasteiger partial charge on any atom is 0.00723 e. The summed E-state index contributed by atoms with van der Waals surface area (Å²) in [5.74, 6) is 1.85. The van der Waals surface area contributed by atoms with Crippen molar-refractivity contribution in [2.24, 2.45) is 11.8 Å². The predicted octanol–water partition coefficient (Wildman–Crippen LogP) is 3.59. The van der Waals surface area contributed by atoms with Crippen molar-refractivity contribution in [3.63, 3.8) is 0 Å². The molecule has 0 bridgehead atoms. The summed E-state index contributed by atoms with van der Waals surface area (Å²) in [6.45, 7) is 9.38. The highest BCUT2D eigenvalue weighted by Crippen LogP contribution is 2.29. The average molecular weight is 197 g/mol. The van der Waals surface area contributed by atoms with Gasteiger partial charge < -0.3 is 5.32 Å². The summed E-state index contributed by atoms with van der Waals surface area (Å²) in [5.41, 5.74) is 0.